The van der Waals surface area contributed by atoms with Crippen molar-refractivity contribution in [2.24, 2.45) is 0 Å². The molecule has 0 aliphatic heterocycles. The molecule has 0 amide bonds. The Balaban J connectivity index is 2.00. The van der Waals surface area contributed by atoms with Gasteiger partial charge in [0.2, 0.25) is 0 Å². The number of hydrogen-bond acceptors (Lipinski definition) is 4. The third kappa shape index (κ3) is 2.40. The monoisotopic (exact) mass is 284 g/mol. The lowest BCUT2D eigenvalue weighted by Gasteiger charge is -2.05. The van der Waals surface area contributed by atoms with E-state index in [1.165, 1.54) is 7.11 Å². The van der Waals surface area contributed by atoms with Gasteiger partial charge in [-0.05, 0) is 19.1 Å². The number of methoxy groups -OCH3 is 1. The fourth-order valence-electron chi connectivity index (χ4n) is 2.39. The van der Waals surface area contributed by atoms with Gasteiger partial charge in [-0.25, -0.2) is 14.3 Å². The summed E-state index contributed by atoms with van der Waals surface area (Å²) >= 11 is 0. The van der Waals surface area contributed by atoms with E-state index in [1.54, 1.807) is 22.8 Å². The van der Waals surface area contributed by atoms with Crippen LogP contribution >= 0.6 is 0 Å². The Bertz CT molecular complexity index is 788. The molecule has 6 nitrogen and oxygen atoms in total. The van der Waals surface area contributed by atoms with Crippen LogP contribution in [0.15, 0.2) is 37.1 Å². The molecule has 0 fully saturated rings. The first kappa shape index (κ1) is 13.4. The van der Waals surface area contributed by atoms with Crippen LogP contribution < -0.4 is 0 Å². The lowest BCUT2D eigenvalue weighted by Crippen LogP contribution is -2.03. The van der Waals surface area contributed by atoms with Crippen molar-refractivity contribution in [1.29, 1.82) is 0 Å². The van der Waals surface area contributed by atoms with Crippen LogP contribution in [0.25, 0.3) is 5.52 Å². The predicted molar refractivity (Wildman–Crippen MR) is 77.2 cm³/mol. The summed E-state index contributed by atoms with van der Waals surface area (Å²) in [7, 11) is 1.38. The number of carbonyl (C=O) groups excluding carboxylic acids is 1. The Labute approximate surface area is 122 Å². The van der Waals surface area contributed by atoms with E-state index in [1.807, 2.05) is 18.7 Å². The van der Waals surface area contributed by atoms with Crippen LogP contribution in [-0.4, -0.2) is 32.2 Å². The minimum absolute atomic E-state index is 0.344. The molecule has 0 aliphatic rings. The second-order valence-electron chi connectivity index (χ2n) is 4.75. The van der Waals surface area contributed by atoms with Crippen molar-refractivity contribution < 1.29 is 9.53 Å². The van der Waals surface area contributed by atoms with Gasteiger partial charge in [0.1, 0.15) is 0 Å². The number of hydrogen-bond donors (Lipinski definition) is 0. The molecular weight excluding hydrogens is 268 g/mol. The van der Waals surface area contributed by atoms with E-state index in [-0.39, 0.29) is 5.97 Å². The number of aryl methyl sites for hydroxylation is 1. The van der Waals surface area contributed by atoms with Crippen molar-refractivity contribution in [3.63, 3.8) is 0 Å². The maximum Gasteiger partial charge on any atom is 0.337 e. The summed E-state index contributed by atoms with van der Waals surface area (Å²) in [4.78, 5) is 15.8. The Morgan fingerprint density at radius 3 is 3.00 bits per heavy atom. The summed E-state index contributed by atoms with van der Waals surface area (Å²) in [6.45, 7) is 2.96. The molecular formula is C15H16N4O2. The molecule has 0 saturated heterocycles. The van der Waals surface area contributed by atoms with Crippen molar-refractivity contribution >= 4 is 11.5 Å². The zero-order valence-electron chi connectivity index (χ0n) is 12.0. The van der Waals surface area contributed by atoms with E-state index in [2.05, 4.69) is 21.6 Å². The van der Waals surface area contributed by atoms with Gasteiger partial charge in [0.05, 0.1) is 30.7 Å². The predicted octanol–water partition coefficient (Wildman–Crippen LogP) is 1.93. The summed E-state index contributed by atoms with van der Waals surface area (Å²) in [6, 6.07) is 3.51. The van der Waals surface area contributed by atoms with Gasteiger partial charge in [0.25, 0.3) is 0 Å². The maximum atomic E-state index is 11.6. The Hall–Kier alpha value is -2.63. The van der Waals surface area contributed by atoms with Gasteiger partial charge in [0, 0.05) is 36.6 Å². The van der Waals surface area contributed by atoms with Crippen molar-refractivity contribution in [2.75, 3.05) is 7.11 Å². The molecule has 0 saturated carbocycles. The summed E-state index contributed by atoms with van der Waals surface area (Å²) in [5.74, 6) is -0.344. The van der Waals surface area contributed by atoms with E-state index >= 15 is 0 Å². The number of carbonyl (C=O) groups is 1. The smallest absolute Gasteiger partial charge is 0.337 e. The molecule has 0 unspecified atom stereocenters. The molecule has 0 aliphatic carbocycles. The highest BCUT2D eigenvalue weighted by Crippen LogP contribution is 2.17. The fraction of sp³-hybridized carbons (Fsp3) is 0.267. The van der Waals surface area contributed by atoms with Gasteiger partial charge in [-0.1, -0.05) is 0 Å². The van der Waals surface area contributed by atoms with Crippen LogP contribution in [0.1, 0.15) is 28.5 Å². The second kappa shape index (κ2) is 5.40. The van der Waals surface area contributed by atoms with Crippen molar-refractivity contribution in [3.05, 3.63) is 53.9 Å². The van der Waals surface area contributed by atoms with E-state index < -0.39 is 0 Å². The number of nitrogens with zero attached hydrogens (tertiary/aromatic N) is 4. The average molecular weight is 284 g/mol. The molecule has 0 bridgehead atoms. The summed E-state index contributed by atoms with van der Waals surface area (Å²) in [5, 5.41) is 4.32. The minimum Gasteiger partial charge on any atom is -0.465 e. The van der Waals surface area contributed by atoms with Crippen LogP contribution in [0.4, 0.5) is 0 Å². The summed E-state index contributed by atoms with van der Waals surface area (Å²) in [5.41, 5.74) is 3.60. The number of aromatic nitrogens is 4. The van der Waals surface area contributed by atoms with Gasteiger partial charge in [0.15, 0.2) is 0 Å². The highest BCUT2D eigenvalue weighted by molar-refractivity contribution is 5.90. The maximum absolute atomic E-state index is 11.6. The molecule has 21 heavy (non-hydrogen) atoms. The third-order valence-electron chi connectivity index (χ3n) is 3.53. The highest BCUT2D eigenvalue weighted by Gasteiger charge is 2.11. The molecule has 108 valence electrons. The summed E-state index contributed by atoms with van der Waals surface area (Å²) < 4.78 is 8.61. The number of ether oxygens (including phenoxy) is 1. The van der Waals surface area contributed by atoms with Gasteiger partial charge >= 0.3 is 5.97 Å². The molecule has 3 aromatic heterocycles. The normalized spacial score (nSPS) is 11.0. The Morgan fingerprint density at radius 1 is 1.38 bits per heavy atom. The van der Waals surface area contributed by atoms with E-state index in [0.717, 1.165) is 29.7 Å². The minimum atomic E-state index is -0.344. The zero-order chi connectivity index (χ0) is 14.8. The van der Waals surface area contributed by atoms with E-state index in [4.69, 9.17) is 4.74 Å². The summed E-state index contributed by atoms with van der Waals surface area (Å²) in [6.07, 6.45) is 7.99. The fourth-order valence-corrected chi connectivity index (χ4v) is 2.39. The van der Waals surface area contributed by atoms with E-state index in [0.29, 0.717) is 5.56 Å². The number of fused-ring (bicyclic) bond motifs is 1. The van der Waals surface area contributed by atoms with Gasteiger partial charge in [-0.15, -0.1) is 0 Å². The van der Waals surface area contributed by atoms with Crippen molar-refractivity contribution in [2.45, 2.75) is 19.9 Å². The molecule has 3 aromatic rings. The lowest BCUT2D eigenvalue weighted by atomic mass is 10.1. The number of rotatable bonds is 4. The molecule has 0 N–H and O–H groups in total. The first-order valence-corrected chi connectivity index (χ1v) is 6.76. The van der Waals surface area contributed by atoms with Crippen LogP contribution in [0.5, 0.6) is 0 Å². The van der Waals surface area contributed by atoms with Gasteiger partial charge < -0.3 is 9.30 Å². The second-order valence-corrected chi connectivity index (χ2v) is 4.75. The molecule has 6 heteroatoms. The lowest BCUT2D eigenvalue weighted by molar-refractivity contribution is 0.0600. The molecule has 3 heterocycles. The number of pyridine rings is 1. The van der Waals surface area contributed by atoms with Crippen LogP contribution in [0.3, 0.4) is 0 Å². The Morgan fingerprint density at radius 2 is 2.24 bits per heavy atom. The third-order valence-corrected chi connectivity index (χ3v) is 3.53. The number of imidazole rings is 1. The van der Waals surface area contributed by atoms with Crippen LogP contribution in [-0.2, 0) is 17.7 Å². The highest BCUT2D eigenvalue weighted by atomic mass is 16.5. The molecule has 0 spiro atoms. The SMILES string of the molecule is CCn1cncc1Cc1cnn2ccc(C(=O)OC)cc12. The Kier molecular flexibility index (Phi) is 3.43. The first-order chi connectivity index (χ1) is 10.2. The molecule has 3 rings (SSSR count). The first-order valence-electron chi connectivity index (χ1n) is 6.76. The molecule has 0 atom stereocenters. The van der Waals surface area contributed by atoms with Gasteiger partial charge in [-0.3, -0.25) is 0 Å². The van der Waals surface area contributed by atoms with Gasteiger partial charge in [-0.2, -0.15) is 5.10 Å². The van der Waals surface area contributed by atoms with Crippen molar-refractivity contribution in [3.8, 4) is 0 Å². The standard InChI is InChI=1S/C15H16N4O2/c1-3-18-10-16-9-13(18)6-12-8-17-19-5-4-11(7-14(12)19)15(20)21-2/h4-5,7-10H,3,6H2,1-2H3. The largest absolute Gasteiger partial charge is 0.465 e. The molecule has 0 radical (unpaired) electrons. The van der Waals surface area contributed by atoms with Crippen molar-refractivity contribution in [1.82, 2.24) is 19.2 Å². The molecule has 0 aromatic carbocycles. The van der Waals surface area contributed by atoms with E-state index in [9.17, 15) is 4.79 Å². The number of esters is 1. The topological polar surface area (TPSA) is 61.4 Å². The zero-order valence-corrected chi connectivity index (χ0v) is 12.0. The van der Waals surface area contributed by atoms with Crippen LogP contribution in [0.2, 0.25) is 0 Å². The average Bonchev–Trinajstić information content (AvgIpc) is 3.13. The van der Waals surface area contributed by atoms with Crippen LogP contribution in [0, 0.1) is 0 Å². The quantitative estimate of drug-likeness (QED) is 0.687.